The fourth-order valence-corrected chi connectivity index (χ4v) is 1.65. The van der Waals surface area contributed by atoms with Gasteiger partial charge >= 0.3 is 51.4 Å². The van der Waals surface area contributed by atoms with Crippen molar-refractivity contribution in [3.63, 3.8) is 0 Å². The first-order valence-electron chi connectivity index (χ1n) is 3.17. The van der Waals surface area contributed by atoms with Gasteiger partial charge in [0.1, 0.15) is 5.25 Å². The van der Waals surface area contributed by atoms with Crippen LogP contribution < -0.4 is 56.5 Å². The van der Waals surface area contributed by atoms with Gasteiger partial charge in [0, 0.05) is 0 Å². The molecule has 1 atom stereocenters. The van der Waals surface area contributed by atoms with Crippen molar-refractivity contribution < 1.29 is 74.3 Å². The van der Waals surface area contributed by atoms with E-state index in [9.17, 15) is 18.3 Å². The number of carboxylic acid groups (broad SMARTS) is 1. The topological polar surface area (TPSA) is 94.5 Å². The fraction of sp³-hybridized carbons (Fsp3) is 0.500. The number of carboxylic acids is 1. The van der Waals surface area contributed by atoms with Gasteiger partial charge in [-0.15, -0.1) is 0 Å². The number of hydrogen-bond donors (Lipinski definition) is 1. The summed E-state index contributed by atoms with van der Waals surface area (Å²) in [7, 11) is -4.38. The summed E-state index contributed by atoms with van der Waals surface area (Å²) in [5, 5.41) is 8.69. The molecule has 1 unspecified atom stereocenters. The van der Waals surface area contributed by atoms with Crippen LogP contribution >= 0.6 is 0 Å². The molecule has 0 aromatic carbocycles. The maximum atomic E-state index is 10.5. The Kier molecular flexibility index (Phi) is 7.82. The van der Waals surface area contributed by atoms with Crippen LogP contribution in [0.3, 0.4) is 0 Å². The predicted octanol–water partition coefficient (Wildman–Crippen LogP) is -4.04. The van der Waals surface area contributed by atoms with Crippen molar-refractivity contribution in [3.05, 3.63) is 12.2 Å². The zero-order valence-electron chi connectivity index (χ0n) is 7.48. The number of carbonyl (C=O) groups excluding carboxylic acids is 1. The van der Waals surface area contributed by atoms with Crippen LogP contribution in [0.5, 0.6) is 0 Å². The molecule has 0 bridgehead atoms. The minimum atomic E-state index is -4.38. The molecule has 0 spiro atoms. The average molecular weight is 232 g/mol. The minimum absolute atomic E-state index is 0. The minimum Gasteiger partial charge on any atom is -0.545 e. The predicted molar refractivity (Wildman–Crippen MR) is 39.8 cm³/mol. The second-order valence-corrected chi connectivity index (χ2v) is 3.82. The molecule has 7 heteroatoms. The van der Waals surface area contributed by atoms with Gasteiger partial charge in [-0.05, 0) is 12.0 Å². The standard InChI is InChI=1S/C6H10O5S.K/c1-3-5(12(9,10)11)4(2)6(7)8;/h5H,2-3H2,1H3,(H,7,8)(H,9,10,11);/q;+1/p-1. The Labute approximate surface area is 119 Å². The van der Waals surface area contributed by atoms with Crippen molar-refractivity contribution in [2.75, 3.05) is 0 Å². The Bertz CT molecular complexity index is 294. The zero-order valence-corrected chi connectivity index (χ0v) is 11.4. The summed E-state index contributed by atoms with van der Waals surface area (Å²) >= 11 is 0. The van der Waals surface area contributed by atoms with E-state index in [1.165, 1.54) is 6.92 Å². The van der Waals surface area contributed by atoms with Crippen LogP contribution in [0.25, 0.3) is 0 Å². The van der Waals surface area contributed by atoms with Gasteiger partial charge in [0.15, 0.2) is 0 Å². The molecule has 0 saturated carbocycles. The van der Waals surface area contributed by atoms with Crippen molar-refractivity contribution in [1.82, 2.24) is 0 Å². The molecular formula is C6H9KO5S. The molecule has 0 aromatic heterocycles. The smallest absolute Gasteiger partial charge is 0.545 e. The first-order valence-corrected chi connectivity index (χ1v) is 4.67. The molecule has 5 nitrogen and oxygen atoms in total. The molecule has 13 heavy (non-hydrogen) atoms. The van der Waals surface area contributed by atoms with Gasteiger partial charge in [0.2, 0.25) is 0 Å². The molecule has 0 aliphatic carbocycles. The van der Waals surface area contributed by atoms with Gasteiger partial charge in [-0.25, -0.2) is 0 Å². The second kappa shape index (κ2) is 6.28. The molecule has 0 amide bonds. The van der Waals surface area contributed by atoms with Crippen LogP contribution in [0.15, 0.2) is 12.2 Å². The second-order valence-electron chi connectivity index (χ2n) is 2.22. The average Bonchev–Trinajstić information content (AvgIpc) is 1.85. The molecular weight excluding hydrogens is 223 g/mol. The van der Waals surface area contributed by atoms with Gasteiger partial charge in [-0.3, -0.25) is 4.55 Å². The number of hydrogen-bond acceptors (Lipinski definition) is 4. The number of aliphatic carboxylic acids is 1. The summed E-state index contributed by atoms with van der Waals surface area (Å²) in [6.07, 6.45) is -0.0500. The van der Waals surface area contributed by atoms with Gasteiger partial charge < -0.3 is 9.90 Å². The van der Waals surface area contributed by atoms with Crippen LogP contribution in [-0.4, -0.2) is 24.2 Å². The summed E-state index contributed by atoms with van der Waals surface area (Å²) in [6, 6.07) is 0. The molecule has 0 aromatic rings. The Hall–Kier alpha value is 0.756. The third-order valence-electron chi connectivity index (χ3n) is 1.38. The summed E-state index contributed by atoms with van der Waals surface area (Å²) in [5.74, 6) is -1.67. The molecule has 1 N–H and O–H groups in total. The van der Waals surface area contributed by atoms with Crippen LogP contribution in [-0.2, 0) is 14.9 Å². The van der Waals surface area contributed by atoms with E-state index in [-0.39, 0.29) is 57.8 Å². The summed E-state index contributed by atoms with van der Waals surface area (Å²) in [5.41, 5.74) is -0.625. The first-order chi connectivity index (χ1) is 5.30. The molecule has 0 saturated heterocycles. The van der Waals surface area contributed by atoms with Crippen LogP contribution in [0.1, 0.15) is 13.3 Å². The van der Waals surface area contributed by atoms with E-state index in [0.29, 0.717) is 0 Å². The van der Waals surface area contributed by atoms with E-state index < -0.39 is 26.9 Å². The van der Waals surface area contributed by atoms with Crippen molar-refractivity contribution in [2.45, 2.75) is 18.6 Å². The van der Waals surface area contributed by atoms with E-state index in [2.05, 4.69) is 6.58 Å². The van der Waals surface area contributed by atoms with Crippen LogP contribution in [0, 0.1) is 0 Å². The zero-order chi connectivity index (χ0) is 9.94. The SMILES string of the molecule is C=C(C(=O)[O-])C(CC)S(=O)(=O)O.[K+]. The number of rotatable bonds is 4. The van der Waals surface area contributed by atoms with Crippen molar-refractivity contribution in [3.8, 4) is 0 Å². The molecule has 70 valence electrons. The van der Waals surface area contributed by atoms with Gasteiger partial charge in [0.05, 0.1) is 5.97 Å². The third kappa shape index (κ3) is 5.26. The summed E-state index contributed by atoms with van der Waals surface area (Å²) < 4.78 is 29.5. The monoisotopic (exact) mass is 232 g/mol. The third-order valence-corrected chi connectivity index (χ3v) is 2.72. The van der Waals surface area contributed by atoms with E-state index in [0.717, 1.165) is 0 Å². The van der Waals surface area contributed by atoms with Gasteiger partial charge in [0.25, 0.3) is 10.1 Å². The molecule has 0 aliphatic heterocycles. The van der Waals surface area contributed by atoms with E-state index >= 15 is 0 Å². The quantitative estimate of drug-likeness (QED) is 0.302. The van der Waals surface area contributed by atoms with Crippen LogP contribution in [0.2, 0.25) is 0 Å². The molecule has 0 radical (unpaired) electrons. The molecule has 0 heterocycles. The normalized spacial score (nSPS) is 12.8. The molecule has 0 aliphatic rings. The fourth-order valence-electron chi connectivity index (χ4n) is 0.768. The Morgan fingerprint density at radius 1 is 1.62 bits per heavy atom. The molecule has 0 fully saturated rings. The maximum absolute atomic E-state index is 10.5. The van der Waals surface area contributed by atoms with E-state index in [1.54, 1.807) is 0 Å². The Balaban J connectivity index is 0. The summed E-state index contributed by atoms with van der Waals surface area (Å²) in [4.78, 5) is 10.2. The Morgan fingerprint density at radius 2 is 2.00 bits per heavy atom. The van der Waals surface area contributed by atoms with E-state index in [4.69, 9.17) is 4.55 Å². The molecule has 0 rings (SSSR count). The van der Waals surface area contributed by atoms with Gasteiger partial charge in [-0.1, -0.05) is 13.5 Å². The van der Waals surface area contributed by atoms with Crippen molar-refractivity contribution in [1.29, 1.82) is 0 Å². The van der Waals surface area contributed by atoms with Crippen LogP contribution in [0.4, 0.5) is 0 Å². The maximum Gasteiger partial charge on any atom is 1.00 e. The Morgan fingerprint density at radius 3 is 2.08 bits per heavy atom. The van der Waals surface area contributed by atoms with E-state index in [1.807, 2.05) is 0 Å². The van der Waals surface area contributed by atoms with Crippen molar-refractivity contribution >= 4 is 16.1 Å². The summed E-state index contributed by atoms with van der Waals surface area (Å²) in [6.45, 7) is 4.41. The largest absolute Gasteiger partial charge is 1.00 e. The van der Waals surface area contributed by atoms with Crippen molar-refractivity contribution in [2.24, 2.45) is 0 Å². The first kappa shape index (κ1) is 16.2. The van der Waals surface area contributed by atoms with Gasteiger partial charge in [-0.2, -0.15) is 8.42 Å². The number of carbonyl (C=O) groups is 1.